The number of hydrogen-bond donors (Lipinski definition) is 3. The number of aromatic hydroxyl groups is 1. The summed E-state index contributed by atoms with van der Waals surface area (Å²) in [7, 11) is 0. The lowest BCUT2D eigenvalue weighted by atomic mass is 10.1. The highest BCUT2D eigenvalue weighted by Gasteiger charge is 2.22. The molecule has 2 unspecified atom stereocenters. The number of nitrogens with one attached hydrogen (secondary N) is 1. The molecule has 1 amide bonds. The number of amides is 1. The molecule has 0 spiro atoms. The Balaban J connectivity index is 2.70. The van der Waals surface area contributed by atoms with E-state index in [1.165, 1.54) is 19.1 Å². The summed E-state index contributed by atoms with van der Waals surface area (Å²) in [6.07, 6.45) is 0. The summed E-state index contributed by atoms with van der Waals surface area (Å²) in [6, 6.07) is 6.11. The van der Waals surface area contributed by atoms with Crippen LogP contribution in [0.2, 0.25) is 0 Å². The van der Waals surface area contributed by atoms with Gasteiger partial charge in [0.2, 0.25) is 5.91 Å². The lowest BCUT2D eigenvalue weighted by molar-refractivity contribution is -0.146. The lowest BCUT2D eigenvalue weighted by Crippen LogP contribution is -2.35. The molecule has 0 aliphatic rings. The number of benzene rings is 1. The van der Waals surface area contributed by atoms with E-state index in [9.17, 15) is 14.7 Å². The fourth-order valence-electron chi connectivity index (χ4n) is 1.33. The molecule has 0 aromatic heterocycles. The van der Waals surface area contributed by atoms with E-state index >= 15 is 0 Å². The molecule has 17 heavy (non-hydrogen) atoms. The Morgan fingerprint density at radius 1 is 1.29 bits per heavy atom. The van der Waals surface area contributed by atoms with Gasteiger partial charge in [0.1, 0.15) is 11.7 Å². The highest BCUT2D eigenvalue weighted by molar-refractivity contribution is 5.96. The van der Waals surface area contributed by atoms with Crippen molar-refractivity contribution in [2.45, 2.75) is 19.9 Å². The second kappa shape index (κ2) is 5.34. The van der Waals surface area contributed by atoms with Crippen LogP contribution >= 0.6 is 0 Å². The minimum Gasteiger partial charge on any atom is -0.508 e. The summed E-state index contributed by atoms with van der Waals surface area (Å²) in [5.74, 6) is -2.69. The molecule has 5 heteroatoms. The normalized spacial score (nSPS) is 13.8. The lowest BCUT2D eigenvalue weighted by Gasteiger charge is -2.16. The molecule has 0 fully saturated rings. The molecule has 0 saturated heterocycles. The maximum absolute atomic E-state index is 11.5. The van der Waals surface area contributed by atoms with Crippen molar-refractivity contribution >= 4 is 11.9 Å². The topological polar surface area (TPSA) is 86.6 Å². The van der Waals surface area contributed by atoms with E-state index in [0.717, 1.165) is 5.56 Å². The summed E-state index contributed by atoms with van der Waals surface area (Å²) in [5.41, 5.74) is 0.718. The Kier molecular flexibility index (Phi) is 4.09. The van der Waals surface area contributed by atoms with Gasteiger partial charge in [-0.3, -0.25) is 9.59 Å². The van der Waals surface area contributed by atoms with Crippen LogP contribution in [0.4, 0.5) is 0 Å². The van der Waals surface area contributed by atoms with Gasteiger partial charge in [0, 0.05) is 0 Å². The van der Waals surface area contributed by atoms with E-state index in [1.807, 2.05) is 0 Å². The fourth-order valence-corrected chi connectivity index (χ4v) is 1.33. The highest BCUT2D eigenvalue weighted by Crippen LogP contribution is 2.18. The van der Waals surface area contributed by atoms with Crippen LogP contribution < -0.4 is 5.32 Å². The van der Waals surface area contributed by atoms with Crippen LogP contribution in [0, 0.1) is 5.92 Å². The van der Waals surface area contributed by atoms with E-state index in [0.29, 0.717) is 0 Å². The number of aliphatic carboxylic acids is 1. The van der Waals surface area contributed by atoms with Crippen LogP contribution in [0.15, 0.2) is 24.3 Å². The van der Waals surface area contributed by atoms with Crippen molar-refractivity contribution in [1.82, 2.24) is 5.32 Å². The minimum absolute atomic E-state index is 0.106. The van der Waals surface area contributed by atoms with Crippen LogP contribution in [-0.4, -0.2) is 22.1 Å². The molecular weight excluding hydrogens is 222 g/mol. The third-order valence-corrected chi connectivity index (χ3v) is 2.49. The predicted molar refractivity (Wildman–Crippen MR) is 61.5 cm³/mol. The fraction of sp³-hybridized carbons (Fsp3) is 0.333. The molecule has 0 bridgehead atoms. The molecule has 2 atom stereocenters. The van der Waals surface area contributed by atoms with Gasteiger partial charge in [0.25, 0.3) is 0 Å². The molecule has 3 N–H and O–H groups in total. The Morgan fingerprint density at radius 2 is 1.94 bits per heavy atom. The molecule has 1 rings (SSSR count). The third kappa shape index (κ3) is 3.48. The third-order valence-electron chi connectivity index (χ3n) is 2.49. The molecule has 0 heterocycles. The summed E-state index contributed by atoms with van der Waals surface area (Å²) < 4.78 is 0. The van der Waals surface area contributed by atoms with Crippen molar-refractivity contribution in [3.05, 3.63) is 29.8 Å². The smallest absolute Gasteiger partial charge is 0.315 e. The molecular formula is C12H15NO4. The first kappa shape index (κ1) is 13.0. The van der Waals surface area contributed by atoms with Gasteiger partial charge in [-0.05, 0) is 31.5 Å². The average Bonchev–Trinajstić information content (AvgIpc) is 2.27. The van der Waals surface area contributed by atoms with Crippen molar-refractivity contribution in [2.24, 2.45) is 5.92 Å². The number of carboxylic acids is 1. The van der Waals surface area contributed by atoms with Crippen LogP contribution in [-0.2, 0) is 9.59 Å². The molecule has 1 aromatic carbocycles. The van der Waals surface area contributed by atoms with Gasteiger partial charge < -0.3 is 15.5 Å². The summed E-state index contributed by atoms with van der Waals surface area (Å²) in [4.78, 5) is 22.1. The zero-order valence-electron chi connectivity index (χ0n) is 9.68. The Morgan fingerprint density at radius 3 is 2.47 bits per heavy atom. The van der Waals surface area contributed by atoms with Gasteiger partial charge in [-0.1, -0.05) is 12.1 Å². The Labute approximate surface area is 99.1 Å². The van der Waals surface area contributed by atoms with Crippen molar-refractivity contribution in [3.8, 4) is 5.75 Å². The molecule has 0 radical (unpaired) electrons. The van der Waals surface area contributed by atoms with Gasteiger partial charge in [0.15, 0.2) is 0 Å². The zero-order valence-corrected chi connectivity index (χ0v) is 9.68. The first-order valence-electron chi connectivity index (χ1n) is 5.24. The Bertz CT molecular complexity index is 430. The van der Waals surface area contributed by atoms with Crippen molar-refractivity contribution in [1.29, 1.82) is 0 Å². The molecule has 5 nitrogen and oxygen atoms in total. The number of rotatable bonds is 4. The van der Waals surface area contributed by atoms with Crippen LogP contribution in [0.5, 0.6) is 5.75 Å². The van der Waals surface area contributed by atoms with Gasteiger partial charge in [0.05, 0.1) is 6.04 Å². The number of phenolic OH excluding ortho intramolecular Hbond substituents is 1. The van der Waals surface area contributed by atoms with E-state index in [2.05, 4.69) is 5.32 Å². The number of hydrogen-bond acceptors (Lipinski definition) is 3. The largest absolute Gasteiger partial charge is 0.508 e. The summed E-state index contributed by atoms with van der Waals surface area (Å²) >= 11 is 0. The highest BCUT2D eigenvalue weighted by atomic mass is 16.4. The van der Waals surface area contributed by atoms with Crippen molar-refractivity contribution in [3.63, 3.8) is 0 Å². The summed E-state index contributed by atoms with van der Waals surface area (Å²) in [6.45, 7) is 3.05. The number of carbonyl (C=O) groups excluding carboxylic acids is 1. The van der Waals surface area contributed by atoms with Crippen LogP contribution in [0.1, 0.15) is 25.5 Å². The first-order valence-corrected chi connectivity index (χ1v) is 5.24. The van der Waals surface area contributed by atoms with E-state index in [-0.39, 0.29) is 11.8 Å². The van der Waals surface area contributed by atoms with Crippen molar-refractivity contribution < 1.29 is 19.8 Å². The number of carbonyl (C=O) groups is 2. The monoisotopic (exact) mass is 237 g/mol. The quantitative estimate of drug-likeness (QED) is 0.689. The molecule has 0 aliphatic heterocycles. The minimum atomic E-state index is -1.16. The zero-order chi connectivity index (χ0) is 13.0. The van der Waals surface area contributed by atoms with Gasteiger partial charge in [-0.2, -0.15) is 0 Å². The van der Waals surface area contributed by atoms with Crippen LogP contribution in [0.25, 0.3) is 0 Å². The van der Waals surface area contributed by atoms with Crippen molar-refractivity contribution in [2.75, 3.05) is 0 Å². The average molecular weight is 237 g/mol. The summed E-state index contributed by atoms with van der Waals surface area (Å²) in [5, 5.41) is 20.5. The maximum atomic E-state index is 11.5. The second-order valence-corrected chi connectivity index (χ2v) is 3.89. The van der Waals surface area contributed by atoms with E-state index < -0.39 is 17.8 Å². The van der Waals surface area contributed by atoms with Gasteiger partial charge in [-0.15, -0.1) is 0 Å². The predicted octanol–water partition coefficient (Wildman–Crippen LogP) is 1.29. The maximum Gasteiger partial charge on any atom is 0.315 e. The van der Waals surface area contributed by atoms with Gasteiger partial charge >= 0.3 is 5.97 Å². The molecule has 92 valence electrons. The SMILES string of the molecule is CC(C(=O)O)C(=O)NC(C)c1cccc(O)c1. The second-order valence-electron chi connectivity index (χ2n) is 3.89. The number of carboxylic acid groups (broad SMARTS) is 1. The first-order chi connectivity index (χ1) is 7.91. The molecule has 0 aliphatic carbocycles. The Hall–Kier alpha value is -2.04. The number of phenols is 1. The molecule has 0 saturated carbocycles. The van der Waals surface area contributed by atoms with Gasteiger partial charge in [-0.25, -0.2) is 0 Å². The van der Waals surface area contributed by atoms with E-state index in [4.69, 9.17) is 5.11 Å². The molecule has 1 aromatic rings. The standard InChI is InChI=1S/C12H15NO4/c1-7(12(16)17)11(15)13-8(2)9-4-3-5-10(14)6-9/h3-8,14H,1-2H3,(H,13,15)(H,16,17). The van der Waals surface area contributed by atoms with E-state index in [1.54, 1.807) is 19.1 Å². The van der Waals surface area contributed by atoms with Crippen LogP contribution in [0.3, 0.4) is 0 Å².